The van der Waals surface area contributed by atoms with Gasteiger partial charge in [-0.2, -0.15) is 0 Å². The zero-order valence-corrected chi connectivity index (χ0v) is 21.3. The first kappa shape index (κ1) is 23.9. The van der Waals surface area contributed by atoms with Gasteiger partial charge in [0.2, 0.25) is 6.79 Å². The van der Waals surface area contributed by atoms with Crippen molar-refractivity contribution in [2.75, 3.05) is 24.9 Å². The van der Waals surface area contributed by atoms with Crippen LogP contribution in [0.1, 0.15) is 43.5 Å². The number of ketones is 1. The van der Waals surface area contributed by atoms with E-state index in [0.29, 0.717) is 53.0 Å². The van der Waals surface area contributed by atoms with Crippen molar-refractivity contribution < 1.29 is 33.6 Å². The van der Waals surface area contributed by atoms with Gasteiger partial charge in [-0.05, 0) is 46.9 Å². The van der Waals surface area contributed by atoms with Gasteiger partial charge in [0.25, 0.3) is 11.7 Å². The number of aliphatic hydroxyl groups is 1. The van der Waals surface area contributed by atoms with Crippen LogP contribution < -0.4 is 23.8 Å². The molecular weight excluding hydrogens is 486 g/mol. The summed E-state index contributed by atoms with van der Waals surface area (Å²) < 4.78 is 22.2. The molecule has 3 heterocycles. The average molecular weight is 514 g/mol. The summed E-state index contributed by atoms with van der Waals surface area (Å²) in [6.07, 6.45) is 0. The number of carbonyl (C=O) groups excluding carboxylic acids is 2. The van der Waals surface area contributed by atoms with E-state index in [2.05, 4.69) is 20.8 Å². The molecular formula is C30H27NO7. The minimum Gasteiger partial charge on any atom is -0.507 e. The fourth-order valence-electron chi connectivity index (χ4n) is 4.96. The SMILES string of the molecule is CC(C)(C)c1ccc(C2/C(=C(/O)c3ccc4c(c3)OCCO4)C(=O)C(=O)N2c2ccc3c(c2)OCO3)cc1. The molecule has 0 saturated carbocycles. The fraction of sp³-hybridized carbons (Fsp3) is 0.267. The Kier molecular flexibility index (Phi) is 5.56. The smallest absolute Gasteiger partial charge is 0.300 e. The summed E-state index contributed by atoms with van der Waals surface area (Å²) in [6, 6.07) is 16.9. The quantitative estimate of drug-likeness (QED) is 0.295. The van der Waals surface area contributed by atoms with E-state index in [1.54, 1.807) is 36.4 Å². The first-order valence-electron chi connectivity index (χ1n) is 12.4. The number of nitrogens with zero attached hydrogens (tertiary/aromatic N) is 1. The molecule has 6 rings (SSSR count). The van der Waals surface area contributed by atoms with Crippen LogP contribution in [0.15, 0.2) is 66.2 Å². The predicted octanol–water partition coefficient (Wildman–Crippen LogP) is 5.11. The summed E-state index contributed by atoms with van der Waals surface area (Å²) >= 11 is 0. The van der Waals surface area contributed by atoms with Crippen LogP contribution >= 0.6 is 0 Å². The molecule has 3 aliphatic rings. The number of Topliss-reactive ketones (excluding diaryl/α,β-unsaturated/α-hetero) is 1. The maximum atomic E-state index is 13.5. The topological polar surface area (TPSA) is 94.5 Å². The number of ether oxygens (including phenoxy) is 4. The molecule has 1 saturated heterocycles. The number of hydrogen-bond acceptors (Lipinski definition) is 7. The second-order valence-electron chi connectivity index (χ2n) is 10.4. The molecule has 3 aliphatic heterocycles. The van der Waals surface area contributed by atoms with Crippen LogP contribution in [-0.4, -0.2) is 36.8 Å². The third-order valence-electron chi connectivity index (χ3n) is 6.99. The molecule has 1 unspecified atom stereocenters. The van der Waals surface area contributed by atoms with Crippen molar-refractivity contribution in [1.29, 1.82) is 0 Å². The summed E-state index contributed by atoms with van der Waals surface area (Å²) in [6.45, 7) is 7.24. The van der Waals surface area contributed by atoms with Crippen LogP contribution in [0.2, 0.25) is 0 Å². The highest BCUT2D eigenvalue weighted by molar-refractivity contribution is 6.51. The molecule has 38 heavy (non-hydrogen) atoms. The molecule has 0 aliphatic carbocycles. The van der Waals surface area contributed by atoms with Crippen molar-refractivity contribution in [3.8, 4) is 23.0 Å². The maximum absolute atomic E-state index is 13.5. The highest BCUT2D eigenvalue weighted by atomic mass is 16.7. The standard InChI is InChI=1S/C30H27NO7/c1-30(2,3)19-7-4-17(5-8-19)26-25(27(32)18-6-10-21-23(14-18)36-13-12-35-21)28(33)29(34)31(26)20-9-11-22-24(15-20)38-16-37-22/h4-11,14-15,26,32H,12-13,16H2,1-3H3/b27-25-. The Bertz CT molecular complexity index is 1480. The van der Waals surface area contributed by atoms with Crippen LogP contribution in [0.5, 0.6) is 23.0 Å². The molecule has 8 heteroatoms. The summed E-state index contributed by atoms with van der Waals surface area (Å²) in [7, 11) is 0. The van der Waals surface area contributed by atoms with Crippen LogP contribution in [0, 0.1) is 0 Å². The molecule has 1 atom stereocenters. The molecule has 8 nitrogen and oxygen atoms in total. The third-order valence-corrected chi connectivity index (χ3v) is 6.99. The van der Waals surface area contributed by atoms with E-state index in [9.17, 15) is 14.7 Å². The Morgan fingerprint density at radius 2 is 1.45 bits per heavy atom. The van der Waals surface area contributed by atoms with E-state index in [0.717, 1.165) is 5.56 Å². The maximum Gasteiger partial charge on any atom is 0.300 e. The van der Waals surface area contributed by atoms with E-state index in [1.807, 2.05) is 24.3 Å². The van der Waals surface area contributed by atoms with Gasteiger partial charge in [0.05, 0.1) is 11.6 Å². The number of fused-ring (bicyclic) bond motifs is 2. The second-order valence-corrected chi connectivity index (χ2v) is 10.4. The molecule has 1 N–H and O–H groups in total. The van der Waals surface area contributed by atoms with Crippen molar-refractivity contribution in [2.24, 2.45) is 0 Å². The molecule has 3 aromatic carbocycles. The summed E-state index contributed by atoms with van der Waals surface area (Å²) in [5, 5.41) is 11.5. The van der Waals surface area contributed by atoms with Gasteiger partial charge in [0.15, 0.2) is 23.0 Å². The highest BCUT2D eigenvalue weighted by Crippen LogP contribution is 2.45. The van der Waals surface area contributed by atoms with Crippen LogP contribution in [0.4, 0.5) is 5.69 Å². The Labute approximate surface area is 220 Å². The van der Waals surface area contributed by atoms with Gasteiger partial charge in [-0.1, -0.05) is 45.0 Å². The van der Waals surface area contributed by atoms with Crippen molar-refractivity contribution >= 4 is 23.1 Å². The molecule has 3 aromatic rings. The lowest BCUT2D eigenvalue weighted by Crippen LogP contribution is -2.29. The first-order chi connectivity index (χ1) is 18.2. The minimum absolute atomic E-state index is 0.00662. The minimum atomic E-state index is -0.863. The Morgan fingerprint density at radius 1 is 0.816 bits per heavy atom. The van der Waals surface area contributed by atoms with Gasteiger partial charge < -0.3 is 24.1 Å². The van der Waals surface area contributed by atoms with Gasteiger partial charge in [0.1, 0.15) is 19.0 Å². The van der Waals surface area contributed by atoms with Crippen molar-refractivity contribution in [2.45, 2.75) is 32.2 Å². The average Bonchev–Trinajstić information content (AvgIpc) is 3.49. The van der Waals surface area contributed by atoms with Crippen molar-refractivity contribution in [1.82, 2.24) is 0 Å². The normalized spacial score (nSPS) is 19.7. The van der Waals surface area contributed by atoms with Crippen molar-refractivity contribution in [3.63, 3.8) is 0 Å². The molecule has 194 valence electrons. The second kappa shape index (κ2) is 8.83. The highest BCUT2D eigenvalue weighted by Gasteiger charge is 2.47. The Balaban J connectivity index is 1.51. The van der Waals surface area contributed by atoms with E-state index < -0.39 is 17.7 Å². The van der Waals surface area contributed by atoms with Gasteiger partial charge in [-0.15, -0.1) is 0 Å². The lowest BCUT2D eigenvalue weighted by molar-refractivity contribution is -0.132. The first-order valence-corrected chi connectivity index (χ1v) is 12.4. The van der Waals surface area contributed by atoms with E-state index >= 15 is 0 Å². The predicted molar refractivity (Wildman–Crippen MR) is 140 cm³/mol. The molecule has 0 spiro atoms. The molecule has 1 amide bonds. The Hall–Kier alpha value is -4.46. The van der Waals surface area contributed by atoms with Crippen LogP contribution in [0.25, 0.3) is 5.76 Å². The Morgan fingerprint density at radius 3 is 2.18 bits per heavy atom. The van der Waals surface area contributed by atoms with Crippen LogP contribution in [-0.2, 0) is 15.0 Å². The zero-order chi connectivity index (χ0) is 26.6. The van der Waals surface area contributed by atoms with Crippen LogP contribution in [0.3, 0.4) is 0 Å². The molecule has 0 radical (unpaired) electrons. The van der Waals surface area contributed by atoms with Crippen molar-refractivity contribution in [3.05, 3.63) is 82.9 Å². The van der Waals surface area contributed by atoms with Gasteiger partial charge in [-0.3, -0.25) is 14.5 Å². The zero-order valence-electron chi connectivity index (χ0n) is 21.3. The molecule has 0 bridgehead atoms. The van der Waals surface area contributed by atoms with E-state index in [-0.39, 0.29) is 23.5 Å². The number of hydrogen-bond donors (Lipinski definition) is 1. The monoisotopic (exact) mass is 513 g/mol. The lowest BCUT2D eigenvalue weighted by Gasteiger charge is -2.27. The number of rotatable bonds is 3. The number of anilines is 1. The van der Waals surface area contributed by atoms with Gasteiger partial charge in [-0.25, -0.2) is 0 Å². The molecule has 0 aromatic heterocycles. The number of benzene rings is 3. The van der Waals surface area contributed by atoms with E-state index in [4.69, 9.17) is 18.9 Å². The lowest BCUT2D eigenvalue weighted by atomic mass is 9.85. The number of carbonyl (C=O) groups is 2. The number of aliphatic hydroxyl groups excluding tert-OH is 1. The molecule has 1 fully saturated rings. The van der Waals surface area contributed by atoms with E-state index in [1.165, 1.54) is 4.90 Å². The van der Waals surface area contributed by atoms with Gasteiger partial charge in [0, 0.05) is 17.3 Å². The summed E-state index contributed by atoms with van der Waals surface area (Å²) in [5.74, 6) is 0.270. The largest absolute Gasteiger partial charge is 0.507 e. The summed E-state index contributed by atoms with van der Waals surface area (Å²) in [4.78, 5) is 28.4. The number of amides is 1. The van der Waals surface area contributed by atoms with Gasteiger partial charge >= 0.3 is 0 Å². The summed E-state index contributed by atoms with van der Waals surface area (Å²) in [5.41, 5.74) is 2.52. The fourth-order valence-corrected chi connectivity index (χ4v) is 4.96. The third kappa shape index (κ3) is 3.93.